The smallest absolute Gasteiger partial charge is 0.303 e. The highest BCUT2D eigenvalue weighted by Crippen LogP contribution is 2.46. The fourth-order valence-electron chi connectivity index (χ4n) is 2.75. The molecule has 0 radical (unpaired) electrons. The fourth-order valence-corrected chi connectivity index (χ4v) is 3.88. The van der Waals surface area contributed by atoms with Crippen molar-refractivity contribution in [2.45, 2.75) is 94.5 Å². The molecule has 1 rings (SSSR count). The first-order valence-electron chi connectivity index (χ1n) is 9.41. The van der Waals surface area contributed by atoms with Gasteiger partial charge in [0, 0.05) is 16.9 Å². The lowest BCUT2D eigenvalue weighted by atomic mass is 10.1. The van der Waals surface area contributed by atoms with Gasteiger partial charge in [-0.05, 0) is 38.5 Å². The Morgan fingerprint density at radius 2 is 1.74 bits per heavy atom. The van der Waals surface area contributed by atoms with E-state index < -0.39 is 5.97 Å². The normalized spacial score (nSPS) is 20.6. The summed E-state index contributed by atoms with van der Waals surface area (Å²) < 4.78 is 0. The molecule has 2 unspecified atom stereocenters. The van der Waals surface area contributed by atoms with Crippen LogP contribution in [0.15, 0.2) is 24.3 Å². The molecule has 1 aliphatic heterocycles. The summed E-state index contributed by atoms with van der Waals surface area (Å²) >= 11 is 2.16. The van der Waals surface area contributed by atoms with Gasteiger partial charge in [-0.3, -0.25) is 4.79 Å². The minimum absolute atomic E-state index is 0.319. The first-order chi connectivity index (χ1) is 11.2. The molecule has 1 N–H and O–H groups in total. The highest BCUT2D eigenvalue weighted by molar-refractivity contribution is 8.07. The Bertz CT molecular complexity index is 363. The zero-order valence-electron chi connectivity index (χ0n) is 14.7. The summed E-state index contributed by atoms with van der Waals surface area (Å²) in [4.78, 5) is 10.4. The van der Waals surface area contributed by atoms with Crippen molar-refractivity contribution in [1.29, 1.82) is 0 Å². The number of unbranched alkanes of at least 4 members (excludes halogenated alkanes) is 6. The quantitative estimate of drug-likeness (QED) is 0.214. The van der Waals surface area contributed by atoms with Gasteiger partial charge in [0.2, 0.25) is 0 Å². The topological polar surface area (TPSA) is 37.3 Å². The van der Waals surface area contributed by atoms with Crippen molar-refractivity contribution in [3.8, 4) is 0 Å². The Hall–Kier alpha value is -0.700. The van der Waals surface area contributed by atoms with Crippen LogP contribution in [0.2, 0.25) is 0 Å². The van der Waals surface area contributed by atoms with Crippen molar-refractivity contribution in [3.63, 3.8) is 0 Å². The molecule has 132 valence electrons. The van der Waals surface area contributed by atoms with E-state index in [4.69, 9.17) is 5.11 Å². The van der Waals surface area contributed by atoms with E-state index in [9.17, 15) is 4.79 Å². The molecule has 1 fully saturated rings. The molecule has 0 aromatic rings. The predicted octanol–water partition coefficient (Wildman–Crippen LogP) is 6.37. The second-order valence-electron chi connectivity index (χ2n) is 6.47. The van der Waals surface area contributed by atoms with Crippen LogP contribution >= 0.6 is 11.8 Å². The van der Waals surface area contributed by atoms with Crippen LogP contribution in [0, 0.1) is 0 Å². The van der Waals surface area contributed by atoms with E-state index in [-0.39, 0.29) is 0 Å². The van der Waals surface area contributed by atoms with Gasteiger partial charge >= 0.3 is 5.97 Å². The Morgan fingerprint density at radius 3 is 2.52 bits per heavy atom. The van der Waals surface area contributed by atoms with Crippen LogP contribution in [0.3, 0.4) is 0 Å². The number of carboxylic acids is 1. The van der Waals surface area contributed by atoms with Gasteiger partial charge in [-0.2, -0.15) is 11.8 Å². The number of allylic oxidation sites excluding steroid dienone is 4. The summed E-state index contributed by atoms with van der Waals surface area (Å²) in [5, 5.41) is 10.4. The first kappa shape index (κ1) is 20.3. The van der Waals surface area contributed by atoms with Gasteiger partial charge in [0.1, 0.15) is 0 Å². The molecule has 0 aliphatic carbocycles. The molecular formula is C20H34O2S. The van der Waals surface area contributed by atoms with Crippen LogP contribution in [0.25, 0.3) is 0 Å². The lowest BCUT2D eigenvalue weighted by Gasteiger charge is -1.96. The molecule has 23 heavy (non-hydrogen) atoms. The zero-order chi connectivity index (χ0) is 16.8. The van der Waals surface area contributed by atoms with Crippen LogP contribution in [-0.2, 0) is 4.79 Å². The largest absolute Gasteiger partial charge is 0.481 e. The Labute approximate surface area is 146 Å². The van der Waals surface area contributed by atoms with Gasteiger partial charge in [0.05, 0.1) is 0 Å². The van der Waals surface area contributed by atoms with Crippen molar-refractivity contribution in [2.24, 2.45) is 0 Å². The number of carbonyl (C=O) groups is 1. The van der Waals surface area contributed by atoms with E-state index in [0.29, 0.717) is 6.42 Å². The molecular weight excluding hydrogens is 304 g/mol. The summed E-state index contributed by atoms with van der Waals surface area (Å²) in [6, 6.07) is 0. The van der Waals surface area contributed by atoms with Gasteiger partial charge in [0.25, 0.3) is 0 Å². The lowest BCUT2D eigenvalue weighted by molar-refractivity contribution is -0.137. The molecule has 1 saturated heterocycles. The zero-order valence-corrected chi connectivity index (χ0v) is 15.5. The van der Waals surface area contributed by atoms with E-state index in [1.54, 1.807) is 0 Å². The Morgan fingerprint density at radius 1 is 0.957 bits per heavy atom. The van der Waals surface area contributed by atoms with Crippen molar-refractivity contribution in [1.82, 2.24) is 0 Å². The van der Waals surface area contributed by atoms with Gasteiger partial charge < -0.3 is 5.11 Å². The van der Waals surface area contributed by atoms with Crippen molar-refractivity contribution in [3.05, 3.63) is 24.3 Å². The molecule has 0 aromatic heterocycles. The van der Waals surface area contributed by atoms with Crippen LogP contribution in [0.1, 0.15) is 84.0 Å². The third-order valence-electron chi connectivity index (χ3n) is 4.27. The van der Waals surface area contributed by atoms with Crippen LogP contribution in [0.4, 0.5) is 0 Å². The van der Waals surface area contributed by atoms with Gasteiger partial charge in [-0.25, -0.2) is 0 Å². The number of carboxylic acid groups (broad SMARTS) is 1. The number of rotatable bonds is 15. The third-order valence-corrected chi connectivity index (χ3v) is 5.74. The molecule has 1 aliphatic rings. The average Bonchev–Trinajstić information content (AvgIpc) is 3.27. The molecule has 1 heterocycles. The van der Waals surface area contributed by atoms with Gasteiger partial charge in [-0.1, -0.05) is 63.3 Å². The van der Waals surface area contributed by atoms with Crippen LogP contribution in [-0.4, -0.2) is 21.6 Å². The first-order valence-corrected chi connectivity index (χ1v) is 10.4. The maximum absolute atomic E-state index is 10.4. The van der Waals surface area contributed by atoms with Crippen molar-refractivity contribution < 1.29 is 9.90 Å². The molecule has 0 spiro atoms. The minimum atomic E-state index is -0.673. The number of thioether (sulfide) groups is 1. The molecule has 0 aromatic carbocycles. The third kappa shape index (κ3) is 12.4. The number of hydrogen-bond acceptors (Lipinski definition) is 2. The molecule has 3 heteroatoms. The molecule has 0 bridgehead atoms. The van der Waals surface area contributed by atoms with Gasteiger partial charge in [-0.15, -0.1) is 0 Å². The average molecular weight is 339 g/mol. The highest BCUT2D eigenvalue weighted by Gasteiger charge is 2.35. The lowest BCUT2D eigenvalue weighted by Crippen LogP contribution is -1.93. The van der Waals surface area contributed by atoms with E-state index in [0.717, 1.165) is 42.6 Å². The van der Waals surface area contributed by atoms with E-state index in [1.165, 1.54) is 38.5 Å². The molecule has 2 atom stereocenters. The van der Waals surface area contributed by atoms with E-state index >= 15 is 0 Å². The predicted molar refractivity (Wildman–Crippen MR) is 102 cm³/mol. The van der Waals surface area contributed by atoms with Crippen molar-refractivity contribution >= 4 is 17.7 Å². The SMILES string of the molecule is CCCCCC1SC1CC=CCC=CCCCCCCC(=O)O. The summed E-state index contributed by atoms with van der Waals surface area (Å²) in [7, 11) is 0. The van der Waals surface area contributed by atoms with Crippen LogP contribution in [0.5, 0.6) is 0 Å². The van der Waals surface area contributed by atoms with Crippen LogP contribution < -0.4 is 0 Å². The standard InChI is InChI=1S/C20H34O2S/c1-2-3-12-15-18-19(23-18)16-13-10-8-6-4-5-7-9-11-14-17-20(21)22/h4,6,10,13,18-19H,2-3,5,7-9,11-12,14-17H2,1H3,(H,21,22). The maximum atomic E-state index is 10.4. The van der Waals surface area contributed by atoms with E-state index in [1.807, 2.05) is 0 Å². The maximum Gasteiger partial charge on any atom is 0.303 e. The monoisotopic (exact) mass is 338 g/mol. The summed E-state index contributed by atoms with van der Waals surface area (Å²) in [6.45, 7) is 2.27. The molecule has 0 amide bonds. The van der Waals surface area contributed by atoms with Crippen molar-refractivity contribution in [2.75, 3.05) is 0 Å². The minimum Gasteiger partial charge on any atom is -0.481 e. The van der Waals surface area contributed by atoms with Gasteiger partial charge in [0.15, 0.2) is 0 Å². The van der Waals surface area contributed by atoms with E-state index in [2.05, 4.69) is 43.0 Å². The Kier molecular flexibility index (Phi) is 12.1. The summed E-state index contributed by atoms with van der Waals surface area (Å²) in [5.41, 5.74) is 0. The molecule has 0 saturated carbocycles. The summed E-state index contributed by atoms with van der Waals surface area (Å²) in [5.74, 6) is -0.673. The molecule has 2 nitrogen and oxygen atoms in total. The summed E-state index contributed by atoms with van der Waals surface area (Å²) in [6.07, 6.45) is 22.7. The number of aliphatic carboxylic acids is 1. The Balaban J connectivity index is 1.84. The fraction of sp³-hybridized carbons (Fsp3) is 0.750. The second kappa shape index (κ2) is 13.7. The second-order valence-corrected chi connectivity index (χ2v) is 7.95. The highest BCUT2D eigenvalue weighted by atomic mass is 32.2. The number of hydrogen-bond donors (Lipinski definition) is 1.